The van der Waals surface area contributed by atoms with Gasteiger partial charge in [0.15, 0.2) is 0 Å². The third-order valence-corrected chi connectivity index (χ3v) is 5.16. The van der Waals surface area contributed by atoms with Gasteiger partial charge in [-0.05, 0) is 63.5 Å². The number of para-hydroxylation sites is 1. The Bertz CT molecular complexity index is 1050. The van der Waals surface area contributed by atoms with Crippen LogP contribution in [-0.4, -0.2) is 12.1 Å². The van der Waals surface area contributed by atoms with Gasteiger partial charge in [0, 0.05) is 0 Å². The normalized spacial score (nSPS) is 11.3. The largest absolute Gasteiger partial charge is 0.461 e. The molecule has 3 aromatic carbocycles. The Morgan fingerprint density at radius 3 is 2.34 bits per heavy atom. The van der Waals surface area contributed by atoms with Gasteiger partial charge in [0.05, 0.1) is 16.8 Å². The van der Waals surface area contributed by atoms with Crippen LogP contribution in [0.3, 0.4) is 0 Å². The third kappa shape index (κ3) is 6.79. The fourth-order valence-electron chi connectivity index (χ4n) is 2.71. The molecule has 32 heavy (non-hydrogen) atoms. The van der Waals surface area contributed by atoms with Crippen molar-refractivity contribution in [3.05, 3.63) is 88.4 Å². The van der Waals surface area contributed by atoms with E-state index in [9.17, 15) is 13.6 Å². The van der Waals surface area contributed by atoms with Crippen LogP contribution >= 0.6 is 15.9 Å². The third-order valence-electron chi connectivity index (χ3n) is 4.54. The Labute approximate surface area is 194 Å². The highest BCUT2D eigenvalue weighted by atomic mass is 79.9. The summed E-state index contributed by atoms with van der Waals surface area (Å²) in [5.41, 5.74) is 1.40. The molecule has 4 nitrogen and oxygen atoms in total. The molecule has 0 saturated heterocycles. The standard InChI is InChI=1S/C25H23BrF2O4/c1-17(2)25(27,28)32-23-12-11-18(14-22(23)26)15-24(29)30-16-19-7-6-10-21(13-19)31-20-8-4-3-5-9-20/h3-14,17H,15-16H2,1-2H3. The molecule has 0 aliphatic carbocycles. The van der Waals surface area contributed by atoms with Crippen LogP contribution in [0.25, 0.3) is 0 Å². The van der Waals surface area contributed by atoms with Crippen LogP contribution in [0.2, 0.25) is 0 Å². The average molecular weight is 505 g/mol. The van der Waals surface area contributed by atoms with Crippen molar-refractivity contribution in [3.8, 4) is 17.2 Å². The van der Waals surface area contributed by atoms with Crippen LogP contribution in [0.5, 0.6) is 17.2 Å². The second-order valence-electron chi connectivity index (χ2n) is 7.48. The molecule has 0 saturated carbocycles. The Hall–Kier alpha value is -2.93. The molecule has 0 atom stereocenters. The minimum absolute atomic E-state index is 0.000338. The van der Waals surface area contributed by atoms with E-state index in [0.717, 1.165) is 5.56 Å². The van der Waals surface area contributed by atoms with Crippen LogP contribution in [0.15, 0.2) is 77.3 Å². The van der Waals surface area contributed by atoms with Crippen LogP contribution < -0.4 is 9.47 Å². The molecule has 0 N–H and O–H groups in total. The van der Waals surface area contributed by atoms with Gasteiger partial charge in [0.25, 0.3) is 0 Å². The van der Waals surface area contributed by atoms with E-state index < -0.39 is 18.0 Å². The molecule has 0 bridgehead atoms. The van der Waals surface area contributed by atoms with Gasteiger partial charge in [-0.25, -0.2) is 0 Å². The number of carbonyl (C=O) groups excluding carboxylic acids is 1. The van der Waals surface area contributed by atoms with E-state index in [1.54, 1.807) is 18.2 Å². The van der Waals surface area contributed by atoms with Gasteiger partial charge in [0.1, 0.15) is 23.9 Å². The van der Waals surface area contributed by atoms with Crippen LogP contribution in [-0.2, 0) is 22.6 Å². The number of halogens is 3. The number of benzene rings is 3. The van der Waals surface area contributed by atoms with Gasteiger partial charge in [-0.3, -0.25) is 4.79 Å². The maximum absolute atomic E-state index is 13.8. The summed E-state index contributed by atoms with van der Waals surface area (Å²) in [4.78, 5) is 12.3. The first-order chi connectivity index (χ1) is 15.2. The van der Waals surface area contributed by atoms with Crippen molar-refractivity contribution in [3.63, 3.8) is 0 Å². The van der Waals surface area contributed by atoms with E-state index in [1.807, 2.05) is 48.5 Å². The Morgan fingerprint density at radius 2 is 1.66 bits per heavy atom. The molecule has 0 aliphatic heterocycles. The number of esters is 1. The highest BCUT2D eigenvalue weighted by Crippen LogP contribution is 2.34. The van der Waals surface area contributed by atoms with Crippen molar-refractivity contribution < 1.29 is 27.8 Å². The van der Waals surface area contributed by atoms with E-state index in [-0.39, 0.29) is 18.8 Å². The van der Waals surface area contributed by atoms with Gasteiger partial charge in [-0.15, -0.1) is 0 Å². The topological polar surface area (TPSA) is 44.8 Å². The summed E-state index contributed by atoms with van der Waals surface area (Å²) in [5, 5.41) is 0. The highest BCUT2D eigenvalue weighted by molar-refractivity contribution is 9.10. The first kappa shape index (κ1) is 23.7. The van der Waals surface area contributed by atoms with Crippen molar-refractivity contribution in [1.82, 2.24) is 0 Å². The van der Waals surface area contributed by atoms with E-state index in [0.29, 0.717) is 21.5 Å². The zero-order chi connectivity index (χ0) is 23.1. The molecule has 0 radical (unpaired) electrons. The monoisotopic (exact) mass is 504 g/mol. The van der Waals surface area contributed by atoms with Crippen LogP contribution in [0, 0.1) is 5.92 Å². The number of ether oxygens (including phenoxy) is 3. The lowest BCUT2D eigenvalue weighted by Gasteiger charge is -2.22. The quantitative estimate of drug-likeness (QED) is 0.290. The molecule has 7 heteroatoms. The van der Waals surface area contributed by atoms with Gasteiger partial charge >= 0.3 is 12.1 Å². The fourth-order valence-corrected chi connectivity index (χ4v) is 3.21. The minimum Gasteiger partial charge on any atom is -0.461 e. The second kappa shape index (κ2) is 10.6. The SMILES string of the molecule is CC(C)C(F)(F)Oc1ccc(CC(=O)OCc2cccc(Oc3ccccc3)c2)cc1Br. The molecule has 0 spiro atoms. The van der Waals surface area contributed by atoms with Crippen molar-refractivity contribution in [1.29, 1.82) is 0 Å². The Balaban J connectivity index is 1.55. The number of hydrogen-bond donors (Lipinski definition) is 0. The molecule has 0 heterocycles. The molecular formula is C25H23BrF2O4. The molecule has 3 aromatic rings. The lowest BCUT2D eigenvalue weighted by molar-refractivity contribution is -0.207. The lowest BCUT2D eigenvalue weighted by Crippen LogP contribution is -2.31. The Kier molecular flexibility index (Phi) is 7.85. The zero-order valence-electron chi connectivity index (χ0n) is 17.7. The fraction of sp³-hybridized carbons (Fsp3) is 0.240. The average Bonchev–Trinajstić information content (AvgIpc) is 2.75. The summed E-state index contributed by atoms with van der Waals surface area (Å²) in [6, 6.07) is 21.2. The lowest BCUT2D eigenvalue weighted by atomic mass is 10.1. The molecule has 168 valence electrons. The molecule has 0 amide bonds. The van der Waals surface area contributed by atoms with Crippen molar-refractivity contribution in [2.24, 2.45) is 5.92 Å². The van der Waals surface area contributed by atoms with E-state index in [2.05, 4.69) is 15.9 Å². The van der Waals surface area contributed by atoms with Crippen molar-refractivity contribution in [2.75, 3.05) is 0 Å². The summed E-state index contributed by atoms with van der Waals surface area (Å²) in [7, 11) is 0. The number of hydrogen-bond acceptors (Lipinski definition) is 4. The molecule has 0 aliphatic rings. The first-order valence-corrected chi connectivity index (χ1v) is 10.8. The highest BCUT2D eigenvalue weighted by Gasteiger charge is 2.36. The van der Waals surface area contributed by atoms with E-state index in [1.165, 1.54) is 19.9 Å². The molecule has 0 unspecified atom stereocenters. The maximum Gasteiger partial charge on any atom is 0.400 e. The molecule has 0 aromatic heterocycles. The van der Waals surface area contributed by atoms with E-state index >= 15 is 0 Å². The summed E-state index contributed by atoms with van der Waals surface area (Å²) >= 11 is 3.23. The van der Waals surface area contributed by atoms with Gasteiger partial charge < -0.3 is 14.2 Å². The van der Waals surface area contributed by atoms with E-state index in [4.69, 9.17) is 14.2 Å². The summed E-state index contributed by atoms with van der Waals surface area (Å²) in [6.45, 7) is 2.84. The number of alkyl halides is 2. The smallest absolute Gasteiger partial charge is 0.400 e. The summed E-state index contributed by atoms with van der Waals surface area (Å²) in [5.74, 6) is -0.0440. The zero-order valence-corrected chi connectivity index (χ0v) is 19.3. The van der Waals surface area contributed by atoms with Crippen molar-refractivity contribution >= 4 is 21.9 Å². The van der Waals surface area contributed by atoms with Gasteiger partial charge in [0.2, 0.25) is 0 Å². The second-order valence-corrected chi connectivity index (χ2v) is 8.34. The van der Waals surface area contributed by atoms with Crippen molar-refractivity contribution in [2.45, 2.75) is 33.0 Å². The molecular weight excluding hydrogens is 482 g/mol. The predicted molar refractivity (Wildman–Crippen MR) is 121 cm³/mol. The predicted octanol–water partition coefficient (Wildman–Crippen LogP) is 7.15. The van der Waals surface area contributed by atoms with Gasteiger partial charge in [-0.2, -0.15) is 8.78 Å². The first-order valence-electron chi connectivity index (χ1n) is 10.1. The number of rotatable bonds is 9. The minimum atomic E-state index is -3.29. The van der Waals surface area contributed by atoms with Gasteiger partial charge in [-0.1, -0.05) is 50.2 Å². The molecule has 3 rings (SSSR count). The number of carbonyl (C=O) groups is 1. The Morgan fingerprint density at radius 1 is 0.938 bits per heavy atom. The maximum atomic E-state index is 13.8. The summed E-state index contributed by atoms with van der Waals surface area (Å²) in [6.07, 6.45) is -3.29. The van der Waals surface area contributed by atoms with Crippen LogP contribution in [0.1, 0.15) is 25.0 Å². The summed E-state index contributed by atoms with van der Waals surface area (Å²) < 4.78 is 43.9. The molecule has 0 fully saturated rings. The van der Waals surface area contributed by atoms with Crippen LogP contribution in [0.4, 0.5) is 8.78 Å².